The third-order valence-electron chi connectivity index (χ3n) is 4.45. The summed E-state index contributed by atoms with van der Waals surface area (Å²) in [6.45, 7) is 1.63. The van der Waals surface area contributed by atoms with Crippen LogP contribution in [-0.4, -0.2) is 25.8 Å². The van der Waals surface area contributed by atoms with Crippen LogP contribution in [0.15, 0.2) is 59.5 Å². The molecule has 124 valence electrons. The number of H-pyrrole nitrogens is 1. The molecule has 4 rings (SSSR count). The van der Waals surface area contributed by atoms with Crippen molar-refractivity contribution in [2.75, 3.05) is 0 Å². The second-order valence-electron chi connectivity index (χ2n) is 5.97. The van der Waals surface area contributed by atoms with Gasteiger partial charge in [0.1, 0.15) is 0 Å². The van der Waals surface area contributed by atoms with Crippen molar-refractivity contribution in [3.05, 3.63) is 70.6 Å². The minimum Gasteiger partial charge on any atom is -0.481 e. The fourth-order valence-electron chi connectivity index (χ4n) is 2.94. The number of aromatic nitrogens is 3. The summed E-state index contributed by atoms with van der Waals surface area (Å²) >= 11 is 0. The average molecular weight is 333 g/mol. The van der Waals surface area contributed by atoms with Gasteiger partial charge in [0.15, 0.2) is 0 Å². The number of fused-ring (bicyclic) bond motifs is 3. The van der Waals surface area contributed by atoms with E-state index in [0.717, 1.165) is 16.4 Å². The number of nitrogens with one attached hydrogen (secondary N) is 1. The second kappa shape index (κ2) is 5.59. The fourth-order valence-corrected chi connectivity index (χ4v) is 2.94. The van der Waals surface area contributed by atoms with Gasteiger partial charge in [-0.25, -0.2) is 4.68 Å². The largest absolute Gasteiger partial charge is 0.481 e. The zero-order chi connectivity index (χ0) is 17.6. The number of benzene rings is 2. The number of nitrogens with zero attached hydrogens (tertiary/aromatic N) is 2. The van der Waals surface area contributed by atoms with Gasteiger partial charge < -0.3 is 5.11 Å². The van der Waals surface area contributed by atoms with Crippen LogP contribution in [0.2, 0.25) is 0 Å². The zero-order valence-electron chi connectivity index (χ0n) is 13.4. The summed E-state index contributed by atoms with van der Waals surface area (Å²) in [6, 6.07) is 14.5. The van der Waals surface area contributed by atoms with Gasteiger partial charge in [-0.15, -0.1) is 0 Å². The molecular weight excluding hydrogens is 318 g/mol. The van der Waals surface area contributed by atoms with Crippen molar-refractivity contribution in [3.63, 3.8) is 0 Å². The number of aromatic amines is 1. The smallest absolute Gasteiger partial charge is 0.310 e. The molecule has 25 heavy (non-hydrogen) atoms. The Balaban J connectivity index is 1.87. The van der Waals surface area contributed by atoms with E-state index in [2.05, 4.69) is 10.1 Å². The molecule has 0 amide bonds. The topological polar surface area (TPSA) is 88.0 Å². The van der Waals surface area contributed by atoms with Gasteiger partial charge in [-0.1, -0.05) is 30.3 Å². The first-order chi connectivity index (χ1) is 12.1. The molecule has 6 heteroatoms. The lowest BCUT2D eigenvalue weighted by molar-refractivity contribution is -0.138. The van der Waals surface area contributed by atoms with Crippen molar-refractivity contribution in [1.82, 2.24) is 14.8 Å². The van der Waals surface area contributed by atoms with Crippen LogP contribution in [0.3, 0.4) is 0 Å². The standard InChI is InChI=1S/C19H15N3O3/c1-11(19(24)25)12-6-8-13(9-7-12)22-18(23)15-10-20-16-5-3-2-4-14(16)17(15)21-22/h2-11,21H,1H3,(H,24,25). The van der Waals surface area contributed by atoms with E-state index >= 15 is 0 Å². The Labute approximate surface area is 142 Å². The molecular formula is C19H15N3O3. The van der Waals surface area contributed by atoms with Crippen molar-refractivity contribution in [3.8, 4) is 5.69 Å². The Morgan fingerprint density at radius 1 is 1.12 bits per heavy atom. The lowest BCUT2D eigenvalue weighted by atomic mass is 10.0. The van der Waals surface area contributed by atoms with Gasteiger partial charge in [0.25, 0.3) is 5.56 Å². The molecule has 0 aliphatic rings. The van der Waals surface area contributed by atoms with E-state index in [1.54, 1.807) is 37.4 Å². The molecule has 2 aromatic carbocycles. The Morgan fingerprint density at radius 2 is 1.84 bits per heavy atom. The highest BCUT2D eigenvalue weighted by molar-refractivity contribution is 6.02. The summed E-state index contributed by atoms with van der Waals surface area (Å²) < 4.78 is 1.45. The van der Waals surface area contributed by atoms with Crippen LogP contribution >= 0.6 is 0 Å². The molecule has 0 aliphatic heterocycles. The first kappa shape index (κ1) is 15.1. The van der Waals surface area contributed by atoms with E-state index in [1.165, 1.54) is 4.68 Å². The summed E-state index contributed by atoms with van der Waals surface area (Å²) in [5.41, 5.74) is 2.69. The number of rotatable bonds is 3. The lowest BCUT2D eigenvalue weighted by Crippen LogP contribution is -2.14. The molecule has 2 aromatic heterocycles. The number of para-hydroxylation sites is 1. The highest BCUT2D eigenvalue weighted by Gasteiger charge is 2.15. The fraction of sp³-hybridized carbons (Fsp3) is 0.105. The molecule has 4 aromatic rings. The Bertz CT molecular complexity index is 1160. The summed E-state index contributed by atoms with van der Waals surface area (Å²) in [7, 11) is 0. The number of hydrogen-bond donors (Lipinski definition) is 2. The predicted molar refractivity (Wildman–Crippen MR) is 95.2 cm³/mol. The first-order valence-electron chi connectivity index (χ1n) is 7.88. The van der Waals surface area contributed by atoms with E-state index < -0.39 is 11.9 Å². The number of pyridine rings is 1. The Hall–Kier alpha value is -3.41. The predicted octanol–water partition coefficient (Wildman–Crippen LogP) is 3.06. The van der Waals surface area contributed by atoms with Crippen LogP contribution in [0, 0.1) is 0 Å². The van der Waals surface area contributed by atoms with Crippen molar-refractivity contribution >= 4 is 27.8 Å². The SMILES string of the molecule is CC(C(=O)O)c1ccc(-n2[nH]c3c(cnc4ccccc43)c2=O)cc1. The van der Waals surface area contributed by atoms with Crippen molar-refractivity contribution < 1.29 is 9.90 Å². The summed E-state index contributed by atoms with van der Waals surface area (Å²) in [5, 5.41) is 13.6. The summed E-state index contributed by atoms with van der Waals surface area (Å²) in [6.07, 6.45) is 1.58. The van der Waals surface area contributed by atoms with Crippen molar-refractivity contribution in [2.24, 2.45) is 0 Å². The summed E-state index contributed by atoms with van der Waals surface area (Å²) in [4.78, 5) is 28.1. The van der Waals surface area contributed by atoms with Crippen molar-refractivity contribution in [1.29, 1.82) is 0 Å². The van der Waals surface area contributed by atoms with E-state index in [9.17, 15) is 9.59 Å². The van der Waals surface area contributed by atoms with Crippen LogP contribution in [0.5, 0.6) is 0 Å². The Morgan fingerprint density at radius 3 is 2.56 bits per heavy atom. The van der Waals surface area contributed by atoms with E-state index in [-0.39, 0.29) is 5.56 Å². The number of carboxylic acid groups (broad SMARTS) is 1. The molecule has 0 fully saturated rings. The molecule has 2 N–H and O–H groups in total. The molecule has 0 saturated carbocycles. The molecule has 0 aliphatic carbocycles. The maximum atomic E-state index is 12.7. The molecule has 0 bridgehead atoms. The average Bonchev–Trinajstić information content (AvgIpc) is 2.98. The molecule has 0 spiro atoms. The number of carboxylic acids is 1. The second-order valence-corrected chi connectivity index (χ2v) is 5.97. The minimum absolute atomic E-state index is 0.188. The van der Waals surface area contributed by atoms with Crippen LogP contribution in [0.4, 0.5) is 0 Å². The molecule has 1 atom stereocenters. The highest BCUT2D eigenvalue weighted by atomic mass is 16.4. The molecule has 0 radical (unpaired) electrons. The minimum atomic E-state index is -0.881. The van der Waals surface area contributed by atoms with Gasteiger partial charge in [0, 0.05) is 11.6 Å². The van der Waals surface area contributed by atoms with Gasteiger partial charge in [-0.2, -0.15) is 0 Å². The van der Waals surface area contributed by atoms with Crippen LogP contribution in [0.1, 0.15) is 18.4 Å². The number of hydrogen-bond acceptors (Lipinski definition) is 3. The van der Waals surface area contributed by atoms with Gasteiger partial charge in [-0.05, 0) is 30.7 Å². The quantitative estimate of drug-likeness (QED) is 0.603. The van der Waals surface area contributed by atoms with Crippen LogP contribution < -0.4 is 5.56 Å². The van der Waals surface area contributed by atoms with Crippen LogP contribution in [-0.2, 0) is 4.79 Å². The third-order valence-corrected chi connectivity index (χ3v) is 4.45. The number of aliphatic carboxylic acids is 1. The van der Waals surface area contributed by atoms with Gasteiger partial charge >= 0.3 is 5.97 Å². The zero-order valence-corrected chi connectivity index (χ0v) is 13.4. The maximum Gasteiger partial charge on any atom is 0.310 e. The monoisotopic (exact) mass is 333 g/mol. The number of carbonyl (C=O) groups is 1. The molecule has 2 heterocycles. The maximum absolute atomic E-state index is 12.7. The van der Waals surface area contributed by atoms with Crippen LogP contribution in [0.25, 0.3) is 27.5 Å². The van der Waals surface area contributed by atoms with E-state index in [4.69, 9.17) is 5.11 Å². The molecule has 0 saturated heterocycles. The normalized spacial score (nSPS) is 12.5. The van der Waals surface area contributed by atoms with Crippen molar-refractivity contribution in [2.45, 2.75) is 12.8 Å². The lowest BCUT2D eigenvalue weighted by Gasteiger charge is -2.08. The summed E-state index contributed by atoms with van der Waals surface area (Å²) in [5.74, 6) is -1.48. The first-order valence-corrected chi connectivity index (χ1v) is 7.88. The Kier molecular flexibility index (Phi) is 3.39. The van der Waals surface area contributed by atoms with E-state index in [0.29, 0.717) is 16.6 Å². The highest BCUT2D eigenvalue weighted by Crippen LogP contribution is 2.21. The van der Waals surface area contributed by atoms with E-state index in [1.807, 2.05) is 24.3 Å². The van der Waals surface area contributed by atoms with Gasteiger partial charge in [0.2, 0.25) is 0 Å². The van der Waals surface area contributed by atoms with Gasteiger partial charge in [-0.3, -0.25) is 19.7 Å². The molecule has 6 nitrogen and oxygen atoms in total. The van der Waals surface area contributed by atoms with Gasteiger partial charge in [0.05, 0.1) is 28.0 Å². The molecule has 1 unspecified atom stereocenters. The third kappa shape index (κ3) is 2.39.